The van der Waals surface area contributed by atoms with Crippen LogP contribution >= 0.6 is 0 Å². The molecule has 0 unspecified atom stereocenters. The molecule has 0 amide bonds. The zero-order valence-electron chi connectivity index (χ0n) is 7.48. The summed E-state index contributed by atoms with van der Waals surface area (Å²) in [6.45, 7) is 4.60. The summed E-state index contributed by atoms with van der Waals surface area (Å²) < 4.78 is 0. The lowest BCUT2D eigenvalue weighted by Gasteiger charge is -2.03. The molecule has 1 aromatic rings. The fourth-order valence-electron chi connectivity index (χ4n) is 1.21. The van der Waals surface area contributed by atoms with Gasteiger partial charge in [0, 0.05) is 12.2 Å². The minimum Gasteiger partial charge on any atom is -0.325 e. The van der Waals surface area contributed by atoms with Crippen molar-refractivity contribution in [1.29, 1.82) is 0 Å². The molecule has 1 heterocycles. The van der Waals surface area contributed by atoms with E-state index >= 15 is 0 Å². The highest BCUT2D eigenvalue weighted by Crippen LogP contribution is 2.06. The van der Waals surface area contributed by atoms with Crippen LogP contribution in [0, 0.1) is 5.92 Å². The van der Waals surface area contributed by atoms with Crippen molar-refractivity contribution in [2.24, 2.45) is 11.7 Å². The third kappa shape index (κ3) is 1.98. The molecule has 4 nitrogen and oxygen atoms in total. The number of nitrogens with two attached hydrogens (primary N) is 1. The van der Waals surface area contributed by atoms with Crippen LogP contribution in [0.5, 0.6) is 0 Å². The molecule has 1 rings (SSSR count). The molecule has 0 spiro atoms. The van der Waals surface area contributed by atoms with E-state index in [-0.39, 0.29) is 5.69 Å². The van der Waals surface area contributed by atoms with Gasteiger partial charge in [0.25, 0.3) is 0 Å². The molecule has 0 bridgehead atoms. The summed E-state index contributed by atoms with van der Waals surface area (Å²) >= 11 is 0. The Morgan fingerprint density at radius 2 is 1.92 bits per heavy atom. The minimum atomic E-state index is -0.161. The molecule has 0 atom stereocenters. The summed E-state index contributed by atoms with van der Waals surface area (Å²) in [4.78, 5) is 16.3. The first-order chi connectivity index (χ1) is 5.63. The Kier molecular flexibility index (Phi) is 2.70. The van der Waals surface area contributed by atoms with Gasteiger partial charge in [-0.1, -0.05) is 13.8 Å². The summed E-state index contributed by atoms with van der Waals surface area (Å²) in [7, 11) is 0. The second-order valence-corrected chi connectivity index (χ2v) is 3.34. The number of hydrogen-bond acceptors (Lipinski definition) is 2. The molecule has 0 fully saturated rings. The quantitative estimate of drug-likeness (QED) is 0.611. The van der Waals surface area contributed by atoms with Gasteiger partial charge in [-0.2, -0.15) is 0 Å². The van der Waals surface area contributed by atoms with Gasteiger partial charge in [-0.05, 0) is 12.3 Å². The van der Waals surface area contributed by atoms with E-state index in [0.29, 0.717) is 12.5 Å². The minimum absolute atomic E-state index is 0.161. The number of imidazole rings is 1. The van der Waals surface area contributed by atoms with E-state index in [4.69, 9.17) is 5.73 Å². The summed E-state index contributed by atoms with van der Waals surface area (Å²) in [6, 6.07) is 0. The van der Waals surface area contributed by atoms with E-state index in [1.165, 1.54) is 0 Å². The van der Waals surface area contributed by atoms with Crippen LogP contribution in [-0.2, 0) is 13.0 Å². The zero-order valence-corrected chi connectivity index (χ0v) is 7.48. The molecule has 0 aromatic carbocycles. The van der Waals surface area contributed by atoms with Crippen molar-refractivity contribution in [2.45, 2.75) is 26.8 Å². The third-order valence-electron chi connectivity index (χ3n) is 1.71. The molecule has 12 heavy (non-hydrogen) atoms. The number of aromatic nitrogens is 2. The van der Waals surface area contributed by atoms with Gasteiger partial charge in [0.05, 0.1) is 5.69 Å². The average molecular weight is 169 g/mol. The Labute approximate surface area is 71.2 Å². The summed E-state index contributed by atoms with van der Waals surface area (Å²) in [5, 5.41) is 0. The molecule has 4 heteroatoms. The van der Waals surface area contributed by atoms with Crippen molar-refractivity contribution in [3.05, 3.63) is 21.9 Å². The van der Waals surface area contributed by atoms with Gasteiger partial charge in [0.15, 0.2) is 0 Å². The zero-order chi connectivity index (χ0) is 9.14. The normalized spacial score (nSPS) is 11.0. The van der Waals surface area contributed by atoms with Gasteiger partial charge in [-0.3, -0.25) is 0 Å². The van der Waals surface area contributed by atoms with Crippen LogP contribution in [0.1, 0.15) is 25.2 Å². The van der Waals surface area contributed by atoms with E-state index in [9.17, 15) is 4.79 Å². The second kappa shape index (κ2) is 3.58. The Hall–Kier alpha value is -1.03. The SMILES string of the molecule is CC(C)Cc1[nH]c(=O)[nH]c1CN. The monoisotopic (exact) mass is 169 g/mol. The van der Waals surface area contributed by atoms with Crippen LogP contribution in [0.3, 0.4) is 0 Å². The second-order valence-electron chi connectivity index (χ2n) is 3.34. The molecular formula is C8H15N3O. The van der Waals surface area contributed by atoms with Crippen LogP contribution < -0.4 is 11.4 Å². The van der Waals surface area contributed by atoms with E-state index in [1.807, 2.05) is 0 Å². The lowest BCUT2D eigenvalue weighted by molar-refractivity contribution is 0.632. The van der Waals surface area contributed by atoms with Crippen molar-refractivity contribution in [3.63, 3.8) is 0 Å². The van der Waals surface area contributed by atoms with Gasteiger partial charge < -0.3 is 15.7 Å². The average Bonchev–Trinajstić information content (AvgIpc) is 2.29. The Morgan fingerprint density at radius 1 is 1.33 bits per heavy atom. The number of rotatable bonds is 3. The van der Waals surface area contributed by atoms with Gasteiger partial charge >= 0.3 is 5.69 Å². The predicted octanol–water partition coefficient (Wildman–Crippen LogP) is 0.360. The topological polar surface area (TPSA) is 74.7 Å². The highest BCUT2D eigenvalue weighted by atomic mass is 16.1. The van der Waals surface area contributed by atoms with Crippen LogP contribution in [0.15, 0.2) is 4.79 Å². The van der Waals surface area contributed by atoms with Gasteiger partial charge in [0.2, 0.25) is 0 Å². The third-order valence-corrected chi connectivity index (χ3v) is 1.71. The summed E-state index contributed by atoms with van der Waals surface area (Å²) in [6.07, 6.45) is 0.866. The number of hydrogen-bond donors (Lipinski definition) is 3. The Morgan fingerprint density at radius 3 is 2.42 bits per heavy atom. The molecule has 0 aliphatic carbocycles. The number of nitrogens with one attached hydrogen (secondary N) is 2. The fraction of sp³-hybridized carbons (Fsp3) is 0.625. The van der Waals surface area contributed by atoms with Crippen LogP contribution in [0.4, 0.5) is 0 Å². The fourth-order valence-corrected chi connectivity index (χ4v) is 1.21. The lowest BCUT2D eigenvalue weighted by Crippen LogP contribution is -2.03. The van der Waals surface area contributed by atoms with Gasteiger partial charge in [0.1, 0.15) is 0 Å². The first-order valence-corrected chi connectivity index (χ1v) is 4.13. The van der Waals surface area contributed by atoms with E-state index in [0.717, 1.165) is 17.8 Å². The molecule has 1 aromatic heterocycles. The number of aromatic amines is 2. The Balaban J connectivity index is 2.89. The van der Waals surface area contributed by atoms with Gasteiger partial charge in [-0.15, -0.1) is 0 Å². The summed E-state index contributed by atoms with van der Waals surface area (Å²) in [5.74, 6) is 0.529. The van der Waals surface area contributed by atoms with E-state index in [1.54, 1.807) is 0 Å². The van der Waals surface area contributed by atoms with Crippen molar-refractivity contribution in [3.8, 4) is 0 Å². The molecule has 0 aliphatic rings. The molecular weight excluding hydrogens is 154 g/mol. The van der Waals surface area contributed by atoms with Gasteiger partial charge in [-0.25, -0.2) is 4.79 Å². The summed E-state index contributed by atoms with van der Waals surface area (Å²) in [5.41, 5.74) is 7.06. The molecule has 0 saturated heterocycles. The molecule has 4 N–H and O–H groups in total. The van der Waals surface area contributed by atoms with Crippen LogP contribution in [-0.4, -0.2) is 9.97 Å². The standard InChI is InChI=1S/C8H15N3O/c1-5(2)3-6-7(4-9)11-8(12)10-6/h5H,3-4,9H2,1-2H3,(H2,10,11,12). The van der Waals surface area contributed by atoms with Crippen LogP contribution in [0.25, 0.3) is 0 Å². The lowest BCUT2D eigenvalue weighted by atomic mass is 10.1. The van der Waals surface area contributed by atoms with E-state index < -0.39 is 0 Å². The maximum Gasteiger partial charge on any atom is 0.323 e. The maximum atomic E-state index is 10.9. The van der Waals surface area contributed by atoms with Crippen molar-refractivity contribution in [2.75, 3.05) is 0 Å². The molecule has 0 radical (unpaired) electrons. The number of H-pyrrole nitrogens is 2. The predicted molar refractivity (Wildman–Crippen MR) is 47.8 cm³/mol. The first kappa shape index (κ1) is 9.06. The Bertz CT molecular complexity index is 297. The highest BCUT2D eigenvalue weighted by molar-refractivity contribution is 5.11. The molecule has 0 aliphatic heterocycles. The van der Waals surface area contributed by atoms with Crippen molar-refractivity contribution in [1.82, 2.24) is 9.97 Å². The highest BCUT2D eigenvalue weighted by Gasteiger charge is 2.06. The van der Waals surface area contributed by atoms with E-state index in [2.05, 4.69) is 23.8 Å². The van der Waals surface area contributed by atoms with Crippen LogP contribution in [0.2, 0.25) is 0 Å². The first-order valence-electron chi connectivity index (χ1n) is 4.13. The molecule has 0 saturated carbocycles. The molecule has 68 valence electrons. The largest absolute Gasteiger partial charge is 0.325 e. The van der Waals surface area contributed by atoms with Crippen molar-refractivity contribution < 1.29 is 0 Å². The van der Waals surface area contributed by atoms with Crippen molar-refractivity contribution >= 4 is 0 Å². The smallest absolute Gasteiger partial charge is 0.323 e. The maximum absolute atomic E-state index is 10.9.